The van der Waals surface area contributed by atoms with Crippen molar-refractivity contribution in [1.82, 2.24) is 9.80 Å². The normalized spacial score (nSPS) is 15.5. The number of methoxy groups -OCH3 is 1. The summed E-state index contributed by atoms with van der Waals surface area (Å²) in [6.45, 7) is 4.02. The highest BCUT2D eigenvalue weighted by Gasteiger charge is 2.20. The number of benzene rings is 1. The van der Waals surface area contributed by atoms with E-state index in [0.717, 1.165) is 44.0 Å². The van der Waals surface area contributed by atoms with Gasteiger partial charge in [-0.25, -0.2) is 0 Å². The van der Waals surface area contributed by atoms with Gasteiger partial charge in [0.2, 0.25) is 5.91 Å². The maximum absolute atomic E-state index is 12.3. The molecule has 0 unspecified atom stereocenters. The van der Waals surface area contributed by atoms with Crippen LogP contribution in [0.4, 0.5) is 0 Å². The van der Waals surface area contributed by atoms with Crippen molar-refractivity contribution in [2.45, 2.75) is 12.8 Å². The summed E-state index contributed by atoms with van der Waals surface area (Å²) < 4.78 is 5.11. The second-order valence-electron chi connectivity index (χ2n) is 5.16. The minimum Gasteiger partial charge on any atom is -0.497 e. The first-order valence-electron chi connectivity index (χ1n) is 7.23. The highest BCUT2D eigenvalue weighted by atomic mass is 16.5. The summed E-state index contributed by atoms with van der Waals surface area (Å²) >= 11 is 0. The van der Waals surface area contributed by atoms with Gasteiger partial charge in [0.15, 0.2) is 0 Å². The first kappa shape index (κ1) is 15.3. The molecule has 1 fully saturated rings. The third kappa shape index (κ3) is 4.47. The summed E-state index contributed by atoms with van der Waals surface area (Å²) in [4.78, 5) is 16.4. The van der Waals surface area contributed by atoms with Gasteiger partial charge < -0.3 is 9.64 Å². The molecule has 2 rings (SSSR count). The number of nitriles is 1. The first-order chi connectivity index (χ1) is 10.2. The van der Waals surface area contributed by atoms with E-state index in [9.17, 15) is 4.79 Å². The fourth-order valence-electron chi connectivity index (χ4n) is 2.46. The van der Waals surface area contributed by atoms with Crippen LogP contribution in [0.5, 0.6) is 5.75 Å². The number of hydrogen-bond donors (Lipinski definition) is 0. The van der Waals surface area contributed by atoms with Crippen LogP contribution in [0.2, 0.25) is 0 Å². The lowest BCUT2D eigenvalue weighted by atomic mass is 10.1. The average Bonchev–Trinajstić information content (AvgIpc) is 2.54. The number of rotatable bonds is 5. The molecule has 0 aliphatic carbocycles. The Morgan fingerprint density at radius 1 is 1.24 bits per heavy atom. The molecule has 1 aromatic rings. The molecule has 0 spiro atoms. The largest absolute Gasteiger partial charge is 0.497 e. The van der Waals surface area contributed by atoms with Crippen LogP contribution in [0.15, 0.2) is 24.3 Å². The third-order valence-electron chi connectivity index (χ3n) is 3.78. The SMILES string of the molecule is COc1ccc(CC(=O)N2CCN(CCC#N)CC2)cc1. The van der Waals surface area contributed by atoms with E-state index in [2.05, 4.69) is 11.0 Å². The topological polar surface area (TPSA) is 56.6 Å². The van der Waals surface area contributed by atoms with E-state index < -0.39 is 0 Å². The van der Waals surface area contributed by atoms with Gasteiger partial charge in [0, 0.05) is 39.1 Å². The van der Waals surface area contributed by atoms with E-state index in [1.54, 1.807) is 7.11 Å². The van der Waals surface area contributed by atoms with Gasteiger partial charge in [-0.3, -0.25) is 9.69 Å². The number of hydrogen-bond acceptors (Lipinski definition) is 4. The summed E-state index contributed by atoms with van der Waals surface area (Å²) in [5, 5.41) is 8.59. The zero-order valence-electron chi connectivity index (χ0n) is 12.4. The molecule has 1 heterocycles. The summed E-state index contributed by atoms with van der Waals surface area (Å²) in [6, 6.07) is 9.77. The zero-order valence-corrected chi connectivity index (χ0v) is 12.4. The van der Waals surface area contributed by atoms with E-state index >= 15 is 0 Å². The van der Waals surface area contributed by atoms with Crippen LogP contribution in [0, 0.1) is 11.3 Å². The molecule has 1 aliphatic rings. The summed E-state index contributed by atoms with van der Waals surface area (Å²) in [5.41, 5.74) is 1.01. The molecule has 5 nitrogen and oxygen atoms in total. The molecule has 0 bridgehead atoms. The average molecular weight is 287 g/mol. The molecule has 0 aromatic heterocycles. The van der Waals surface area contributed by atoms with Crippen molar-refractivity contribution >= 4 is 5.91 Å². The number of amides is 1. The van der Waals surface area contributed by atoms with Crippen LogP contribution >= 0.6 is 0 Å². The van der Waals surface area contributed by atoms with Gasteiger partial charge in [0.25, 0.3) is 0 Å². The van der Waals surface area contributed by atoms with Crippen LogP contribution < -0.4 is 4.74 Å². The van der Waals surface area contributed by atoms with Crippen LogP contribution in [-0.4, -0.2) is 55.5 Å². The predicted octanol–water partition coefficient (Wildman–Crippen LogP) is 1.30. The second-order valence-corrected chi connectivity index (χ2v) is 5.16. The van der Waals surface area contributed by atoms with E-state index in [4.69, 9.17) is 10.00 Å². The van der Waals surface area contributed by atoms with Gasteiger partial charge in [-0.2, -0.15) is 5.26 Å². The van der Waals surface area contributed by atoms with Crippen molar-refractivity contribution in [2.75, 3.05) is 39.8 Å². The number of ether oxygens (including phenoxy) is 1. The van der Waals surface area contributed by atoms with Gasteiger partial charge >= 0.3 is 0 Å². The molecule has 1 aliphatic heterocycles. The van der Waals surface area contributed by atoms with Gasteiger partial charge in [-0.05, 0) is 17.7 Å². The Labute approximate surface area is 125 Å². The molecule has 1 aromatic carbocycles. The lowest BCUT2D eigenvalue weighted by Gasteiger charge is -2.34. The smallest absolute Gasteiger partial charge is 0.227 e. The summed E-state index contributed by atoms with van der Waals surface area (Å²) in [7, 11) is 1.63. The first-order valence-corrected chi connectivity index (χ1v) is 7.23. The van der Waals surface area contributed by atoms with Crippen molar-refractivity contribution in [2.24, 2.45) is 0 Å². The maximum Gasteiger partial charge on any atom is 0.227 e. The monoisotopic (exact) mass is 287 g/mol. The van der Waals surface area contributed by atoms with Crippen LogP contribution in [-0.2, 0) is 11.2 Å². The Bertz CT molecular complexity index is 499. The minimum absolute atomic E-state index is 0.167. The molecule has 0 N–H and O–H groups in total. The van der Waals surface area contributed by atoms with Crippen molar-refractivity contribution in [3.8, 4) is 11.8 Å². The molecule has 0 radical (unpaired) electrons. The van der Waals surface area contributed by atoms with E-state index in [1.165, 1.54) is 0 Å². The summed E-state index contributed by atoms with van der Waals surface area (Å²) in [6.07, 6.45) is 0.988. The lowest BCUT2D eigenvalue weighted by molar-refractivity contribution is -0.132. The number of nitrogens with zero attached hydrogens (tertiary/aromatic N) is 3. The number of carbonyl (C=O) groups excluding carboxylic acids is 1. The van der Waals surface area contributed by atoms with Gasteiger partial charge in [-0.1, -0.05) is 12.1 Å². The Balaban J connectivity index is 1.80. The highest BCUT2D eigenvalue weighted by molar-refractivity contribution is 5.78. The minimum atomic E-state index is 0.167. The highest BCUT2D eigenvalue weighted by Crippen LogP contribution is 2.13. The molecular weight excluding hydrogens is 266 g/mol. The number of piperazine rings is 1. The molecule has 21 heavy (non-hydrogen) atoms. The molecule has 1 amide bonds. The lowest BCUT2D eigenvalue weighted by Crippen LogP contribution is -2.49. The molecule has 0 saturated carbocycles. The van der Waals surface area contributed by atoms with Crippen LogP contribution in [0.1, 0.15) is 12.0 Å². The fourth-order valence-corrected chi connectivity index (χ4v) is 2.46. The zero-order chi connectivity index (χ0) is 15.1. The van der Waals surface area contributed by atoms with Crippen LogP contribution in [0.3, 0.4) is 0 Å². The van der Waals surface area contributed by atoms with Crippen molar-refractivity contribution in [1.29, 1.82) is 5.26 Å². The standard InChI is InChI=1S/C16H21N3O2/c1-21-15-5-3-14(4-6-15)13-16(20)19-11-9-18(10-12-19)8-2-7-17/h3-6H,2,8-13H2,1H3. The third-order valence-corrected chi connectivity index (χ3v) is 3.78. The quantitative estimate of drug-likeness (QED) is 0.819. The Morgan fingerprint density at radius 3 is 2.48 bits per heavy atom. The Morgan fingerprint density at radius 2 is 1.90 bits per heavy atom. The van der Waals surface area contributed by atoms with E-state index in [0.29, 0.717) is 12.8 Å². The van der Waals surface area contributed by atoms with Crippen molar-refractivity contribution in [3.05, 3.63) is 29.8 Å². The van der Waals surface area contributed by atoms with Crippen molar-refractivity contribution < 1.29 is 9.53 Å². The number of carbonyl (C=O) groups is 1. The second kappa shape index (κ2) is 7.65. The Kier molecular flexibility index (Phi) is 5.59. The summed E-state index contributed by atoms with van der Waals surface area (Å²) in [5.74, 6) is 0.970. The van der Waals surface area contributed by atoms with Crippen molar-refractivity contribution in [3.63, 3.8) is 0 Å². The molecule has 0 atom stereocenters. The van der Waals surface area contributed by atoms with Crippen LogP contribution in [0.25, 0.3) is 0 Å². The predicted molar refractivity (Wildman–Crippen MR) is 79.9 cm³/mol. The Hall–Kier alpha value is -2.06. The maximum atomic E-state index is 12.3. The van der Waals surface area contributed by atoms with Gasteiger partial charge in [-0.15, -0.1) is 0 Å². The molecule has 5 heteroatoms. The molecule has 1 saturated heterocycles. The molecule has 112 valence electrons. The van der Waals surface area contributed by atoms with Gasteiger partial charge in [0.1, 0.15) is 5.75 Å². The molecular formula is C16H21N3O2. The fraction of sp³-hybridized carbons (Fsp3) is 0.500. The van der Waals surface area contributed by atoms with E-state index in [1.807, 2.05) is 29.2 Å². The van der Waals surface area contributed by atoms with E-state index in [-0.39, 0.29) is 5.91 Å². The van der Waals surface area contributed by atoms with Gasteiger partial charge in [0.05, 0.1) is 19.6 Å².